The Labute approximate surface area is 153 Å². The van der Waals surface area contributed by atoms with Gasteiger partial charge in [-0.3, -0.25) is 9.69 Å². The third-order valence-corrected chi connectivity index (χ3v) is 5.93. The molecule has 0 spiro atoms. The van der Waals surface area contributed by atoms with E-state index in [0.29, 0.717) is 17.8 Å². The molecule has 2 aromatic rings. The van der Waals surface area contributed by atoms with E-state index >= 15 is 0 Å². The quantitative estimate of drug-likeness (QED) is 0.798. The summed E-state index contributed by atoms with van der Waals surface area (Å²) in [4.78, 5) is 19.0. The maximum absolute atomic E-state index is 12.1. The number of hydrogen-bond acceptors (Lipinski definition) is 5. The topological polar surface area (TPSA) is 64.2 Å². The summed E-state index contributed by atoms with van der Waals surface area (Å²) in [5.41, 5.74) is 1.13. The Morgan fingerprint density at radius 2 is 1.81 bits per heavy atom. The van der Waals surface area contributed by atoms with Gasteiger partial charge in [0.25, 0.3) is 5.56 Å². The number of oxazole rings is 1. The molecule has 3 fully saturated rings. The third-order valence-electron chi connectivity index (χ3n) is 5.93. The number of rotatable bonds is 6. The molecule has 5 rings (SSSR count). The average Bonchev–Trinajstić information content (AvgIpc) is 3.57. The van der Waals surface area contributed by atoms with Gasteiger partial charge in [-0.1, -0.05) is 0 Å². The summed E-state index contributed by atoms with van der Waals surface area (Å²) in [6.07, 6.45) is 9.02. The summed E-state index contributed by atoms with van der Waals surface area (Å²) in [5.74, 6) is 3.65. The van der Waals surface area contributed by atoms with Crippen molar-refractivity contribution in [3.8, 4) is 0 Å². The van der Waals surface area contributed by atoms with Crippen LogP contribution >= 0.6 is 0 Å². The second-order valence-electron chi connectivity index (χ2n) is 8.20. The first-order valence-electron chi connectivity index (χ1n) is 9.99. The molecule has 138 valence electrons. The van der Waals surface area contributed by atoms with Gasteiger partial charge in [0.15, 0.2) is 0 Å². The van der Waals surface area contributed by atoms with E-state index in [9.17, 15) is 4.79 Å². The summed E-state index contributed by atoms with van der Waals surface area (Å²) in [6, 6.07) is 3.60. The normalized spacial score (nSPS) is 22.0. The van der Waals surface area contributed by atoms with Crippen LogP contribution in [0.25, 0.3) is 0 Å². The zero-order valence-electron chi connectivity index (χ0n) is 15.1. The van der Waals surface area contributed by atoms with Crippen molar-refractivity contribution < 1.29 is 4.42 Å². The Morgan fingerprint density at radius 3 is 2.54 bits per heavy atom. The molecule has 2 aliphatic carbocycles. The minimum absolute atomic E-state index is 0.0317. The monoisotopic (exact) mass is 354 g/mol. The number of piperidine rings is 1. The van der Waals surface area contributed by atoms with Gasteiger partial charge in [0, 0.05) is 24.4 Å². The van der Waals surface area contributed by atoms with Crippen molar-refractivity contribution in [2.24, 2.45) is 5.92 Å². The first-order chi connectivity index (χ1) is 12.7. The number of nitrogens with zero attached hydrogens (tertiary/aromatic N) is 4. The molecule has 26 heavy (non-hydrogen) atoms. The van der Waals surface area contributed by atoms with Crippen molar-refractivity contribution in [2.45, 2.75) is 63.5 Å². The molecule has 2 aromatic heterocycles. The summed E-state index contributed by atoms with van der Waals surface area (Å²) in [5, 5.41) is 4.61. The molecular formula is C20H26N4O2. The lowest BCUT2D eigenvalue weighted by Crippen LogP contribution is -2.36. The van der Waals surface area contributed by atoms with E-state index < -0.39 is 0 Å². The second kappa shape index (κ2) is 6.65. The molecule has 6 nitrogen and oxygen atoms in total. The van der Waals surface area contributed by atoms with Crippen LogP contribution in [0.3, 0.4) is 0 Å². The van der Waals surface area contributed by atoms with E-state index in [1.54, 1.807) is 10.7 Å². The standard InChI is InChI=1S/C20H26N4O2/c25-20-6-5-17(15-1-2-15)22-24(20)12-14-7-9-23(10-8-14)13-19-21-11-18(26-19)16-3-4-16/h5-6,11,14-16H,1-4,7-10,12-13H2. The van der Waals surface area contributed by atoms with Crippen LogP contribution in [0.4, 0.5) is 0 Å². The molecule has 0 amide bonds. The summed E-state index contributed by atoms with van der Waals surface area (Å²) < 4.78 is 7.58. The van der Waals surface area contributed by atoms with Crippen molar-refractivity contribution in [3.63, 3.8) is 0 Å². The van der Waals surface area contributed by atoms with Crippen LogP contribution in [0.15, 0.2) is 27.5 Å². The lowest BCUT2D eigenvalue weighted by molar-refractivity contribution is 0.151. The van der Waals surface area contributed by atoms with E-state index in [0.717, 1.165) is 56.4 Å². The molecule has 0 atom stereocenters. The molecule has 0 unspecified atom stereocenters. The first kappa shape index (κ1) is 16.2. The molecule has 0 aromatic carbocycles. The minimum Gasteiger partial charge on any atom is -0.444 e. The Bertz CT molecular complexity index is 826. The van der Waals surface area contributed by atoms with Gasteiger partial charge < -0.3 is 4.42 Å². The fourth-order valence-electron chi connectivity index (χ4n) is 3.91. The number of aromatic nitrogens is 3. The van der Waals surface area contributed by atoms with Crippen LogP contribution in [0.5, 0.6) is 0 Å². The molecule has 1 saturated heterocycles. The zero-order valence-corrected chi connectivity index (χ0v) is 15.1. The molecule has 2 saturated carbocycles. The van der Waals surface area contributed by atoms with Crippen LogP contribution in [0.1, 0.15) is 67.7 Å². The third kappa shape index (κ3) is 3.61. The Hall–Kier alpha value is -1.95. The first-order valence-corrected chi connectivity index (χ1v) is 9.99. The fourth-order valence-corrected chi connectivity index (χ4v) is 3.91. The molecule has 0 N–H and O–H groups in total. The highest BCUT2D eigenvalue weighted by atomic mass is 16.4. The maximum atomic E-state index is 12.1. The van der Waals surface area contributed by atoms with E-state index in [-0.39, 0.29) is 5.56 Å². The SMILES string of the molecule is O=c1ccc(C2CC2)nn1CC1CCN(Cc2ncc(C3CC3)o2)CC1. The molecule has 6 heteroatoms. The minimum atomic E-state index is 0.0317. The van der Waals surface area contributed by atoms with E-state index in [1.807, 2.05) is 12.3 Å². The molecule has 3 aliphatic rings. The van der Waals surface area contributed by atoms with Crippen LogP contribution in [-0.4, -0.2) is 32.8 Å². The second-order valence-corrected chi connectivity index (χ2v) is 8.20. The molecule has 1 aliphatic heterocycles. The summed E-state index contributed by atoms with van der Waals surface area (Å²) >= 11 is 0. The average molecular weight is 354 g/mol. The largest absolute Gasteiger partial charge is 0.444 e. The van der Waals surface area contributed by atoms with Gasteiger partial charge in [-0.25, -0.2) is 9.67 Å². The van der Waals surface area contributed by atoms with Gasteiger partial charge in [0.2, 0.25) is 5.89 Å². The lowest BCUT2D eigenvalue weighted by atomic mass is 9.97. The Morgan fingerprint density at radius 1 is 1.04 bits per heavy atom. The number of likely N-dealkylation sites (tertiary alicyclic amines) is 1. The molecule has 3 heterocycles. The van der Waals surface area contributed by atoms with Crippen molar-refractivity contribution in [1.82, 2.24) is 19.7 Å². The Balaban J connectivity index is 1.15. The highest BCUT2D eigenvalue weighted by Gasteiger charge is 2.29. The van der Waals surface area contributed by atoms with Crippen molar-refractivity contribution in [3.05, 3.63) is 46.0 Å². The molecule has 0 radical (unpaired) electrons. The highest BCUT2D eigenvalue weighted by molar-refractivity contribution is 5.12. The van der Waals surface area contributed by atoms with E-state index in [1.165, 1.54) is 25.7 Å². The number of hydrogen-bond donors (Lipinski definition) is 0. The van der Waals surface area contributed by atoms with Crippen molar-refractivity contribution in [2.75, 3.05) is 13.1 Å². The van der Waals surface area contributed by atoms with E-state index in [2.05, 4.69) is 15.0 Å². The predicted molar refractivity (Wildman–Crippen MR) is 97.0 cm³/mol. The Kier molecular flexibility index (Phi) is 4.15. The predicted octanol–water partition coefficient (Wildman–Crippen LogP) is 2.90. The summed E-state index contributed by atoms with van der Waals surface area (Å²) in [7, 11) is 0. The van der Waals surface area contributed by atoms with Crippen LogP contribution < -0.4 is 5.56 Å². The zero-order chi connectivity index (χ0) is 17.5. The van der Waals surface area contributed by atoms with Crippen molar-refractivity contribution >= 4 is 0 Å². The smallest absolute Gasteiger partial charge is 0.266 e. The van der Waals surface area contributed by atoms with E-state index in [4.69, 9.17) is 4.42 Å². The van der Waals surface area contributed by atoms with Gasteiger partial charge in [-0.2, -0.15) is 5.10 Å². The van der Waals surface area contributed by atoms with Gasteiger partial charge >= 0.3 is 0 Å². The lowest BCUT2D eigenvalue weighted by Gasteiger charge is -2.31. The van der Waals surface area contributed by atoms with Gasteiger partial charge in [0.05, 0.1) is 18.4 Å². The molecule has 0 bridgehead atoms. The van der Waals surface area contributed by atoms with Gasteiger partial charge in [-0.15, -0.1) is 0 Å². The van der Waals surface area contributed by atoms with Crippen LogP contribution in [-0.2, 0) is 13.1 Å². The van der Waals surface area contributed by atoms with Crippen LogP contribution in [0, 0.1) is 5.92 Å². The van der Waals surface area contributed by atoms with Crippen LogP contribution in [0.2, 0.25) is 0 Å². The molecular weight excluding hydrogens is 328 g/mol. The van der Waals surface area contributed by atoms with Gasteiger partial charge in [-0.05, 0) is 63.6 Å². The van der Waals surface area contributed by atoms with Crippen molar-refractivity contribution in [1.29, 1.82) is 0 Å². The fraction of sp³-hybridized carbons (Fsp3) is 0.650. The summed E-state index contributed by atoms with van der Waals surface area (Å²) in [6.45, 7) is 3.61. The maximum Gasteiger partial charge on any atom is 0.266 e. The van der Waals surface area contributed by atoms with Gasteiger partial charge in [0.1, 0.15) is 5.76 Å². The highest BCUT2D eigenvalue weighted by Crippen LogP contribution is 2.40.